The summed E-state index contributed by atoms with van der Waals surface area (Å²) >= 11 is 5.38. The van der Waals surface area contributed by atoms with Crippen LogP contribution in [0.25, 0.3) is 0 Å². The molecule has 0 spiro atoms. The van der Waals surface area contributed by atoms with Gasteiger partial charge in [0.25, 0.3) is 0 Å². The molecule has 20 heavy (non-hydrogen) atoms. The molecule has 1 aromatic rings. The third-order valence-electron chi connectivity index (χ3n) is 3.78. The molecule has 1 aliphatic heterocycles. The van der Waals surface area contributed by atoms with Gasteiger partial charge >= 0.3 is 0 Å². The number of hydrogen-bond acceptors (Lipinski definition) is 2. The Bertz CT molecular complexity index is 421. The zero-order valence-corrected chi connectivity index (χ0v) is 14.4. The van der Waals surface area contributed by atoms with Crippen molar-refractivity contribution in [3.05, 3.63) is 34.1 Å². The second-order valence-corrected chi connectivity index (χ2v) is 7.67. The average Bonchev–Trinajstić information content (AvgIpc) is 2.46. The number of thioether (sulfide) groups is 1. The fourth-order valence-corrected chi connectivity index (χ4v) is 4.44. The van der Waals surface area contributed by atoms with Crippen molar-refractivity contribution in [2.24, 2.45) is 0 Å². The van der Waals surface area contributed by atoms with E-state index in [-0.39, 0.29) is 5.82 Å². The molecule has 0 aromatic heterocycles. The number of rotatable bonds is 6. The Hall–Kier alpha value is -0.0600. The molecule has 1 saturated heterocycles. The Morgan fingerprint density at radius 2 is 2.30 bits per heavy atom. The van der Waals surface area contributed by atoms with E-state index in [1.807, 2.05) is 12.1 Å². The van der Waals surface area contributed by atoms with Crippen LogP contribution >= 0.6 is 27.7 Å². The third-order valence-corrected chi connectivity index (χ3v) is 5.79. The largest absolute Gasteiger partial charge is 0.313 e. The first-order valence-electron chi connectivity index (χ1n) is 7.49. The smallest absolute Gasteiger partial charge is 0.127 e. The van der Waals surface area contributed by atoms with Crippen LogP contribution in [-0.2, 0) is 6.42 Å². The van der Waals surface area contributed by atoms with Crippen molar-refractivity contribution in [3.63, 3.8) is 0 Å². The van der Waals surface area contributed by atoms with Gasteiger partial charge in [-0.1, -0.05) is 35.3 Å². The minimum atomic E-state index is -0.0940. The van der Waals surface area contributed by atoms with E-state index in [1.54, 1.807) is 6.07 Å². The van der Waals surface area contributed by atoms with Crippen molar-refractivity contribution in [3.8, 4) is 0 Å². The van der Waals surface area contributed by atoms with E-state index in [9.17, 15) is 4.39 Å². The Labute approximate surface area is 134 Å². The SMILES string of the molecule is CCCNC(Cc1ccc(Br)cc1F)C1CCCCS1. The minimum absolute atomic E-state index is 0.0940. The maximum atomic E-state index is 14.0. The van der Waals surface area contributed by atoms with Gasteiger partial charge in [0.15, 0.2) is 0 Å². The molecule has 112 valence electrons. The van der Waals surface area contributed by atoms with E-state index in [4.69, 9.17) is 0 Å². The fourth-order valence-electron chi connectivity index (χ4n) is 2.67. The van der Waals surface area contributed by atoms with Crippen molar-refractivity contribution in [1.82, 2.24) is 5.32 Å². The quantitative estimate of drug-likeness (QED) is 0.783. The average molecular weight is 360 g/mol. The highest BCUT2D eigenvalue weighted by Gasteiger charge is 2.24. The summed E-state index contributed by atoms with van der Waals surface area (Å²) in [5, 5.41) is 4.25. The molecule has 1 fully saturated rings. The maximum Gasteiger partial charge on any atom is 0.127 e. The van der Waals surface area contributed by atoms with Crippen molar-refractivity contribution in [2.75, 3.05) is 12.3 Å². The first-order chi connectivity index (χ1) is 9.70. The number of nitrogens with one attached hydrogen (secondary N) is 1. The Balaban J connectivity index is 2.05. The Morgan fingerprint density at radius 3 is 2.95 bits per heavy atom. The van der Waals surface area contributed by atoms with E-state index in [0.29, 0.717) is 11.3 Å². The monoisotopic (exact) mass is 359 g/mol. The van der Waals surface area contributed by atoms with Gasteiger partial charge < -0.3 is 5.32 Å². The molecule has 1 aliphatic rings. The lowest BCUT2D eigenvalue weighted by atomic mass is 9.99. The summed E-state index contributed by atoms with van der Waals surface area (Å²) in [7, 11) is 0. The number of hydrogen-bond donors (Lipinski definition) is 1. The van der Waals surface area contributed by atoms with Crippen LogP contribution in [0.1, 0.15) is 38.2 Å². The summed E-state index contributed by atoms with van der Waals surface area (Å²) < 4.78 is 14.8. The second-order valence-electron chi connectivity index (χ2n) is 5.41. The molecule has 2 unspecified atom stereocenters. The molecule has 1 N–H and O–H groups in total. The lowest BCUT2D eigenvalue weighted by molar-refractivity contribution is 0.454. The molecule has 0 bridgehead atoms. The number of benzene rings is 1. The molecule has 1 nitrogen and oxygen atoms in total. The van der Waals surface area contributed by atoms with Crippen LogP contribution in [0.3, 0.4) is 0 Å². The van der Waals surface area contributed by atoms with Gasteiger partial charge in [0.1, 0.15) is 5.82 Å². The predicted octanol–water partition coefficient (Wildman–Crippen LogP) is 4.78. The summed E-state index contributed by atoms with van der Waals surface area (Å²) in [6, 6.07) is 5.80. The van der Waals surface area contributed by atoms with Gasteiger partial charge in [-0.05, 0) is 55.7 Å². The van der Waals surface area contributed by atoms with Crippen molar-refractivity contribution in [1.29, 1.82) is 0 Å². The third kappa shape index (κ3) is 4.74. The zero-order chi connectivity index (χ0) is 14.4. The molecule has 1 heterocycles. The van der Waals surface area contributed by atoms with Crippen LogP contribution < -0.4 is 5.32 Å². The van der Waals surface area contributed by atoms with E-state index >= 15 is 0 Å². The first-order valence-corrected chi connectivity index (χ1v) is 9.33. The number of halogens is 2. The highest BCUT2D eigenvalue weighted by atomic mass is 79.9. The normalized spacial score (nSPS) is 20.9. The van der Waals surface area contributed by atoms with Crippen molar-refractivity contribution in [2.45, 2.75) is 50.3 Å². The van der Waals surface area contributed by atoms with E-state index in [2.05, 4.69) is 39.9 Å². The molecule has 2 rings (SSSR count). The van der Waals surface area contributed by atoms with Crippen molar-refractivity contribution < 1.29 is 4.39 Å². The van der Waals surface area contributed by atoms with Gasteiger partial charge in [-0.25, -0.2) is 4.39 Å². The zero-order valence-electron chi connectivity index (χ0n) is 12.0. The molecule has 0 amide bonds. The van der Waals surface area contributed by atoms with Gasteiger partial charge in [0.2, 0.25) is 0 Å². The standard InChI is InChI=1S/C16H23BrFNS/c1-2-8-19-15(16-5-3-4-9-20-16)10-12-6-7-13(17)11-14(12)18/h6-7,11,15-16,19H,2-5,8-10H2,1H3. The molecular weight excluding hydrogens is 337 g/mol. The molecular formula is C16H23BrFNS. The molecule has 4 heteroatoms. The summed E-state index contributed by atoms with van der Waals surface area (Å²) in [6.45, 7) is 3.19. The van der Waals surface area contributed by atoms with E-state index in [1.165, 1.54) is 25.0 Å². The van der Waals surface area contributed by atoms with Gasteiger partial charge in [-0.2, -0.15) is 11.8 Å². The van der Waals surface area contributed by atoms with Crippen LogP contribution in [-0.4, -0.2) is 23.6 Å². The van der Waals surface area contributed by atoms with Crippen LogP contribution in [0, 0.1) is 5.82 Å². The first kappa shape index (κ1) is 16.3. The molecule has 0 radical (unpaired) electrons. The Kier molecular flexibility index (Phi) is 6.85. The highest BCUT2D eigenvalue weighted by molar-refractivity contribution is 9.10. The lowest BCUT2D eigenvalue weighted by Gasteiger charge is -2.31. The summed E-state index contributed by atoms with van der Waals surface area (Å²) in [5.41, 5.74) is 0.827. The maximum absolute atomic E-state index is 14.0. The van der Waals surface area contributed by atoms with Gasteiger partial charge in [0.05, 0.1) is 0 Å². The summed E-state index contributed by atoms with van der Waals surface area (Å²) in [5.74, 6) is 1.15. The van der Waals surface area contributed by atoms with Crippen LogP contribution in [0.15, 0.2) is 22.7 Å². The predicted molar refractivity (Wildman–Crippen MR) is 90.0 cm³/mol. The van der Waals surface area contributed by atoms with Crippen LogP contribution in [0.5, 0.6) is 0 Å². The minimum Gasteiger partial charge on any atom is -0.313 e. The van der Waals surface area contributed by atoms with E-state index in [0.717, 1.165) is 29.4 Å². The Morgan fingerprint density at radius 1 is 1.45 bits per heavy atom. The highest BCUT2D eigenvalue weighted by Crippen LogP contribution is 2.29. The topological polar surface area (TPSA) is 12.0 Å². The van der Waals surface area contributed by atoms with Gasteiger partial charge in [0, 0.05) is 15.8 Å². The van der Waals surface area contributed by atoms with E-state index < -0.39 is 0 Å². The van der Waals surface area contributed by atoms with Gasteiger partial charge in [-0.3, -0.25) is 0 Å². The van der Waals surface area contributed by atoms with Crippen LogP contribution in [0.2, 0.25) is 0 Å². The molecule has 0 aliphatic carbocycles. The van der Waals surface area contributed by atoms with Crippen LogP contribution in [0.4, 0.5) is 4.39 Å². The molecule has 1 aromatic carbocycles. The summed E-state index contributed by atoms with van der Waals surface area (Å²) in [4.78, 5) is 0. The summed E-state index contributed by atoms with van der Waals surface area (Å²) in [6.07, 6.45) is 5.80. The fraction of sp³-hybridized carbons (Fsp3) is 0.625. The molecule has 2 atom stereocenters. The van der Waals surface area contributed by atoms with Gasteiger partial charge in [-0.15, -0.1) is 0 Å². The van der Waals surface area contributed by atoms with Crippen molar-refractivity contribution >= 4 is 27.7 Å². The molecule has 0 saturated carbocycles. The second kappa shape index (κ2) is 8.40. The lowest BCUT2D eigenvalue weighted by Crippen LogP contribution is -2.41.